The molecule has 2 aromatic carbocycles. The van der Waals surface area contributed by atoms with Crippen molar-refractivity contribution in [3.05, 3.63) is 53.6 Å². The molecule has 35 heavy (non-hydrogen) atoms. The predicted molar refractivity (Wildman–Crippen MR) is 128 cm³/mol. The lowest BCUT2D eigenvalue weighted by atomic mass is 10.0. The minimum absolute atomic E-state index is 0.0594. The number of fused-ring (bicyclic) bond motifs is 1. The van der Waals surface area contributed by atoms with Gasteiger partial charge >= 0.3 is 12.0 Å². The summed E-state index contributed by atoms with van der Waals surface area (Å²) in [5.41, 5.74) is 7.15. The number of carbonyl (C=O) groups excluding carboxylic acids is 3. The Hall–Kier alpha value is -4.28. The zero-order valence-electron chi connectivity index (χ0n) is 19.6. The lowest BCUT2D eigenvalue weighted by Crippen LogP contribution is -2.40. The predicted octanol–water partition coefficient (Wildman–Crippen LogP) is 2.27. The first kappa shape index (κ1) is 25.3. The quantitative estimate of drug-likeness (QED) is 0.196. The SMILES string of the molecule is CCOC(=O)CC(NC(=O)C(C)CNC(=O)Nc1ccc(C(=N)N)cc1)c1ccc2c(c1)OCO2. The summed E-state index contributed by atoms with van der Waals surface area (Å²) >= 11 is 0. The number of esters is 1. The molecule has 3 rings (SSSR count). The fourth-order valence-corrected chi connectivity index (χ4v) is 3.33. The Bertz CT molecular complexity index is 1090. The number of nitrogen functional groups attached to an aromatic ring is 1. The van der Waals surface area contributed by atoms with E-state index < -0.39 is 24.0 Å². The highest BCUT2D eigenvalue weighted by atomic mass is 16.7. The average molecular weight is 484 g/mol. The molecule has 6 N–H and O–H groups in total. The molecule has 186 valence electrons. The maximum atomic E-state index is 12.8. The van der Waals surface area contributed by atoms with Gasteiger partial charge in [0.05, 0.1) is 25.0 Å². The molecule has 0 saturated carbocycles. The van der Waals surface area contributed by atoms with Crippen LogP contribution in [-0.2, 0) is 14.3 Å². The first-order valence-electron chi connectivity index (χ1n) is 11.1. The molecule has 0 aliphatic carbocycles. The highest BCUT2D eigenvalue weighted by molar-refractivity contribution is 5.96. The van der Waals surface area contributed by atoms with Gasteiger partial charge in [0.2, 0.25) is 12.7 Å². The second-order valence-corrected chi connectivity index (χ2v) is 7.91. The summed E-state index contributed by atoms with van der Waals surface area (Å²) in [6, 6.07) is 10.6. The van der Waals surface area contributed by atoms with Crippen molar-refractivity contribution in [3.63, 3.8) is 0 Å². The second-order valence-electron chi connectivity index (χ2n) is 7.91. The minimum Gasteiger partial charge on any atom is -0.466 e. The van der Waals surface area contributed by atoms with E-state index in [0.29, 0.717) is 28.3 Å². The van der Waals surface area contributed by atoms with Gasteiger partial charge in [0, 0.05) is 17.8 Å². The maximum Gasteiger partial charge on any atom is 0.319 e. The van der Waals surface area contributed by atoms with E-state index in [4.69, 9.17) is 25.4 Å². The van der Waals surface area contributed by atoms with Gasteiger partial charge in [-0.3, -0.25) is 15.0 Å². The van der Waals surface area contributed by atoms with Gasteiger partial charge in [0.15, 0.2) is 11.5 Å². The molecule has 0 aromatic heterocycles. The third kappa shape index (κ3) is 7.10. The van der Waals surface area contributed by atoms with Gasteiger partial charge in [0.25, 0.3) is 0 Å². The Kier molecular flexibility index (Phi) is 8.49. The van der Waals surface area contributed by atoms with Gasteiger partial charge in [-0.05, 0) is 48.9 Å². The number of ether oxygens (including phenoxy) is 3. The Morgan fingerprint density at radius 1 is 1.11 bits per heavy atom. The largest absolute Gasteiger partial charge is 0.466 e. The van der Waals surface area contributed by atoms with Crippen molar-refractivity contribution in [2.75, 3.05) is 25.3 Å². The number of anilines is 1. The minimum atomic E-state index is -0.646. The Labute approximate surface area is 202 Å². The fourth-order valence-electron chi connectivity index (χ4n) is 3.33. The Morgan fingerprint density at radius 3 is 2.51 bits per heavy atom. The van der Waals surface area contributed by atoms with Crippen LogP contribution >= 0.6 is 0 Å². The zero-order valence-corrected chi connectivity index (χ0v) is 19.6. The molecule has 0 bridgehead atoms. The van der Waals surface area contributed by atoms with Crippen LogP contribution in [0.25, 0.3) is 0 Å². The number of amides is 3. The van der Waals surface area contributed by atoms with E-state index in [-0.39, 0.29) is 38.1 Å². The molecule has 1 aliphatic heterocycles. The monoisotopic (exact) mass is 483 g/mol. The van der Waals surface area contributed by atoms with Crippen LogP contribution in [-0.4, -0.2) is 43.7 Å². The normalized spacial score (nSPS) is 13.3. The van der Waals surface area contributed by atoms with Crippen LogP contribution in [0, 0.1) is 11.3 Å². The summed E-state index contributed by atoms with van der Waals surface area (Å²) in [4.78, 5) is 37.2. The molecular weight excluding hydrogens is 454 g/mol. The number of hydrogen-bond acceptors (Lipinski definition) is 7. The van der Waals surface area contributed by atoms with Crippen molar-refractivity contribution in [1.82, 2.24) is 10.6 Å². The molecule has 2 atom stereocenters. The first-order chi connectivity index (χ1) is 16.8. The van der Waals surface area contributed by atoms with Gasteiger partial charge in [-0.1, -0.05) is 13.0 Å². The summed E-state index contributed by atoms with van der Waals surface area (Å²) in [6.07, 6.45) is -0.0594. The fraction of sp³-hybridized carbons (Fsp3) is 0.333. The molecular formula is C24H29N5O6. The van der Waals surface area contributed by atoms with Crippen molar-refractivity contribution >= 4 is 29.4 Å². The zero-order chi connectivity index (χ0) is 25.4. The average Bonchev–Trinajstić information content (AvgIpc) is 3.30. The van der Waals surface area contributed by atoms with Crippen LogP contribution in [0.4, 0.5) is 10.5 Å². The standard InChI is InChI=1S/C24H29N5O6/c1-3-33-21(30)11-18(16-6-9-19-20(10-16)35-13-34-19)29-23(31)14(2)12-27-24(32)28-17-7-4-15(5-8-17)22(25)26/h4-10,14,18H,3,11-13H2,1-2H3,(H3,25,26)(H,29,31)(H2,27,28,32). The summed E-state index contributed by atoms with van der Waals surface area (Å²) < 4.78 is 15.8. The number of urea groups is 1. The molecule has 0 fully saturated rings. The van der Waals surface area contributed by atoms with E-state index in [0.717, 1.165) is 0 Å². The van der Waals surface area contributed by atoms with E-state index in [1.807, 2.05) is 0 Å². The molecule has 0 radical (unpaired) electrons. The van der Waals surface area contributed by atoms with E-state index in [1.54, 1.807) is 56.3 Å². The lowest BCUT2D eigenvalue weighted by Gasteiger charge is -2.21. The van der Waals surface area contributed by atoms with Crippen molar-refractivity contribution in [1.29, 1.82) is 5.41 Å². The van der Waals surface area contributed by atoms with Crippen molar-refractivity contribution in [3.8, 4) is 11.5 Å². The number of benzene rings is 2. The number of carbonyl (C=O) groups is 3. The van der Waals surface area contributed by atoms with E-state index in [9.17, 15) is 14.4 Å². The smallest absolute Gasteiger partial charge is 0.319 e. The highest BCUT2D eigenvalue weighted by Crippen LogP contribution is 2.35. The molecule has 2 aromatic rings. The van der Waals surface area contributed by atoms with Gasteiger partial charge in [0.1, 0.15) is 5.84 Å². The third-order valence-electron chi connectivity index (χ3n) is 5.26. The topological polar surface area (TPSA) is 165 Å². The van der Waals surface area contributed by atoms with Crippen LogP contribution in [0.15, 0.2) is 42.5 Å². The number of nitrogens with two attached hydrogens (primary N) is 1. The van der Waals surface area contributed by atoms with Crippen LogP contribution < -0.4 is 31.2 Å². The molecule has 1 heterocycles. The Balaban J connectivity index is 1.57. The summed E-state index contributed by atoms with van der Waals surface area (Å²) in [5, 5.41) is 15.6. The van der Waals surface area contributed by atoms with Gasteiger partial charge in [-0.25, -0.2) is 4.79 Å². The van der Waals surface area contributed by atoms with Crippen LogP contribution in [0.1, 0.15) is 37.4 Å². The molecule has 11 heteroatoms. The lowest BCUT2D eigenvalue weighted by molar-refractivity contribution is -0.143. The van der Waals surface area contributed by atoms with Crippen LogP contribution in [0.3, 0.4) is 0 Å². The van der Waals surface area contributed by atoms with Gasteiger partial charge in [-0.2, -0.15) is 0 Å². The van der Waals surface area contributed by atoms with E-state index >= 15 is 0 Å². The highest BCUT2D eigenvalue weighted by Gasteiger charge is 2.24. The summed E-state index contributed by atoms with van der Waals surface area (Å²) in [6.45, 7) is 3.78. The van der Waals surface area contributed by atoms with Crippen LogP contribution in [0.5, 0.6) is 11.5 Å². The number of rotatable bonds is 10. The summed E-state index contributed by atoms with van der Waals surface area (Å²) in [7, 11) is 0. The molecule has 2 unspecified atom stereocenters. The molecule has 0 spiro atoms. The first-order valence-corrected chi connectivity index (χ1v) is 11.1. The van der Waals surface area contributed by atoms with Gasteiger partial charge < -0.3 is 35.9 Å². The van der Waals surface area contributed by atoms with Gasteiger partial charge in [-0.15, -0.1) is 0 Å². The summed E-state index contributed by atoms with van der Waals surface area (Å²) in [5.74, 6) is -0.315. The number of hydrogen-bond donors (Lipinski definition) is 5. The second kappa shape index (κ2) is 11.7. The molecule has 11 nitrogen and oxygen atoms in total. The number of nitrogens with one attached hydrogen (secondary N) is 4. The van der Waals surface area contributed by atoms with Crippen LogP contribution in [0.2, 0.25) is 0 Å². The van der Waals surface area contributed by atoms with E-state index in [1.165, 1.54) is 0 Å². The Morgan fingerprint density at radius 2 is 1.83 bits per heavy atom. The maximum absolute atomic E-state index is 12.8. The van der Waals surface area contributed by atoms with Crippen molar-refractivity contribution < 1.29 is 28.6 Å². The molecule has 1 aliphatic rings. The number of amidine groups is 1. The van der Waals surface area contributed by atoms with E-state index in [2.05, 4.69) is 16.0 Å². The third-order valence-corrected chi connectivity index (χ3v) is 5.26. The van der Waals surface area contributed by atoms with Crippen molar-refractivity contribution in [2.45, 2.75) is 26.3 Å². The van der Waals surface area contributed by atoms with Crippen molar-refractivity contribution in [2.24, 2.45) is 11.7 Å². The molecule has 3 amide bonds. The molecule has 0 saturated heterocycles.